The fraction of sp³-hybridized carbons (Fsp3) is 0.500. The van der Waals surface area contributed by atoms with E-state index in [2.05, 4.69) is 46.4 Å². The van der Waals surface area contributed by atoms with E-state index in [9.17, 15) is 0 Å². The van der Waals surface area contributed by atoms with Crippen LogP contribution in [-0.2, 0) is 0 Å². The maximum atomic E-state index is 3.58. The van der Waals surface area contributed by atoms with Crippen LogP contribution >= 0.6 is 15.9 Å². The first-order chi connectivity index (χ1) is 6.79. The van der Waals surface area contributed by atoms with E-state index in [1.54, 1.807) is 0 Å². The molecule has 1 heterocycles. The van der Waals surface area contributed by atoms with Crippen LogP contribution in [0.1, 0.15) is 36.4 Å². The molecule has 1 atom stereocenters. The molecule has 2 rings (SSSR count). The van der Waals surface area contributed by atoms with Crippen molar-refractivity contribution in [1.29, 1.82) is 0 Å². The van der Waals surface area contributed by atoms with Crippen LogP contribution in [0.15, 0.2) is 22.7 Å². The molecule has 2 heteroatoms. The molecule has 0 spiro atoms. The van der Waals surface area contributed by atoms with Gasteiger partial charge >= 0.3 is 0 Å². The molecule has 0 bridgehead atoms. The monoisotopic (exact) mass is 253 g/mol. The zero-order valence-electron chi connectivity index (χ0n) is 8.52. The number of hydrogen-bond acceptors (Lipinski definition) is 1. The van der Waals surface area contributed by atoms with Crippen LogP contribution in [0.4, 0.5) is 0 Å². The smallest absolute Gasteiger partial charge is 0.0323 e. The van der Waals surface area contributed by atoms with Crippen molar-refractivity contribution in [2.75, 3.05) is 6.54 Å². The highest BCUT2D eigenvalue weighted by atomic mass is 79.9. The summed E-state index contributed by atoms with van der Waals surface area (Å²) < 4.78 is 1.22. The fourth-order valence-corrected chi connectivity index (χ4v) is 2.50. The summed E-state index contributed by atoms with van der Waals surface area (Å²) in [7, 11) is 0. The Balaban J connectivity index is 2.26. The van der Waals surface area contributed by atoms with Crippen molar-refractivity contribution in [3.63, 3.8) is 0 Å². The molecule has 0 amide bonds. The van der Waals surface area contributed by atoms with Gasteiger partial charge in [-0.05, 0) is 43.5 Å². The Kier molecular flexibility index (Phi) is 3.24. The van der Waals surface area contributed by atoms with E-state index >= 15 is 0 Å². The van der Waals surface area contributed by atoms with Gasteiger partial charge in [0, 0.05) is 10.5 Å². The second-order valence-electron chi connectivity index (χ2n) is 3.96. The highest BCUT2D eigenvalue weighted by Crippen LogP contribution is 2.29. The molecule has 0 aromatic heterocycles. The minimum Gasteiger partial charge on any atom is -0.310 e. The number of piperidine rings is 1. The maximum Gasteiger partial charge on any atom is 0.0323 e. The third-order valence-electron chi connectivity index (χ3n) is 3.00. The van der Waals surface area contributed by atoms with Gasteiger partial charge in [0.05, 0.1) is 0 Å². The predicted octanol–water partition coefficient (Wildman–Crippen LogP) is 3.57. The van der Waals surface area contributed by atoms with Crippen LogP contribution in [0.2, 0.25) is 0 Å². The second-order valence-corrected chi connectivity index (χ2v) is 4.81. The van der Waals surface area contributed by atoms with Crippen molar-refractivity contribution in [1.82, 2.24) is 5.32 Å². The summed E-state index contributed by atoms with van der Waals surface area (Å²) in [5.74, 6) is 0. The highest BCUT2D eigenvalue weighted by Gasteiger charge is 2.16. The summed E-state index contributed by atoms with van der Waals surface area (Å²) in [5.41, 5.74) is 2.84. The van der Waals surface area contributed by atoms with Gasteiger partial charge in [0.2, 0.25) is 0 Å². The van der Waals surface area contributed by atoms with Crippen LogP contribution in [0.3, 0.4) is 0 Å². The van der Waals surface area contributed by atoms with Gasteiger partial charge in [-0.3, -0.25) is 0 Å². The molecule has 1 unspecified atom stereocenters. The molecule has 0 saturated carbocycles. The molecular formula is C12H16BrN. The van der Waals surface area contributed by atoms with E-state index in [4.69, 9.17) is 0 Å². The van der Waals surface area contributed by atoms with Gasteiger partial charge in [0.25, 0.3) is 0 Å². The molecule has 14 heavy (non-hydrogen) atoms. The zero-order chi connectivity index (χ0) is 9.97. The van der Waals surface area contributed by atoms with Crippen LogP contribution in [0.5, 0.6) is 0 Å². The minimum absolute atomic E-state index is 0.571. The standard InChI is InChI=1S/C12H16BrN/c1-9-10(5-4-6-11(9)13)12-7-2-3-8-14-12/h4-6,12,14H,2-3,7-8H2,1H3. The Labute approximate surface area is 94.0 Å². The lowest BCUT2D eigenvalue weighted by molar-refractivity contribution is 0.411. The average molecular weight is 254 g/mol. The summed E-state index contributed by atoms with van der Waals surface area (Å²) >= 11 is 3.58. The Bertz CT molecular complexity index is 316. The minimum atomic E-state index is 0.571. The first-order valence-corrected chi connectivity index (χ1v) is 6.07. The normalized spacial score (nSPS) is 22.3. The van der Waals surface area contributed by atoms with E-state index in [1.165, 1.54) is 34.9 Å². The van der Waals surface area contributed by atoms with Crippen molar-refractivity contribution < 1.29 is 0 Å². The molecular weight excluding hydrogens is 238 g/mol. The molecule has 1 saturated heterocycles. The molecule has 1 aromatic carbocycles. The predicted molar refractivity (Wildman–Crippen MR) is 63.5 cm³/mol. The van der Waals surface area contributed by atoms with Crippen LogP contribution in [0, 0.1) is 6.92 Å². The SMILES string of the molecule is Cc1c(Br)cccc1C1CCCCN1. The third kappa shape index (κ3) is 2.01. The molecule has 1 aliphatic rings. The number of rotatable bonds is 1. The number of halogens is 1. The molecule has 76 valence electrons. The Morgan fingerprint density at radius 3 is 2.93 bits per heavy atom. The largest absolute Gasteiger partial charge is 0.310 e. The lowest BCUT2D eigenvalue weighted by Crippen LogP contribution is -2.27. The van der Waals surface area contributed by atoms with Gasteiger partial charge in [-0.2, -0.15) is 0 Å². The summed E-state index contributed by atoms with van der Waals surface area (Å²) in [6.07, 6.45) is 3.95. The molecule has 1 aliphatic heterocycles. The van der Waals surface area contributed by atoms with Crippen molar-refractivity contribution in [3.05, 3.63) is 33.8 Å². The van der Waals surface area contributed by atoms with Crippen LogP contribution in [-0.4, -0.2) is 6.54 Å². The van der Waals surface area contributed by atoms with Crippen molar-refractivity contribution in [3.8, 4) is 0 Å². The van der Waals surface area contributed by atoms with E-state index in [1.807, 2.05) is 0 Å². The van der Waals surface area contributed by atoms with Gasteiger partial charge < -0.3 is 5.32 Å². The topological polar surface area (TPSA) is 12.0 Å². The molecule has 1 N–H and O–H groups in total. The number of benzene rings is 1. The molecule has 1 aromatic rings. The molecule has 0 radical (unpaired) electrons. The van der Waals surface area contributed by atoms with Crippen molar-refractivity contribution in [2.45, 2.75) is 32.2 Å². The van der Waals surface area contributed by atoms with Gasteiger partial charge in [-0.25, -0.2) is 0 Å². The number of nitrogens with one attached hydrogen (secondary N) is 1. The molecule has 1 fully saturated rings. The summed E-state index contributed by atoms with van der Waals surface area (Å²) in [6, 6.07) is 7.05. The highest BCUT2D eigenvalue weighted by molar-refractivity contribution is 9.10. The summed E-state index contributed by atoms with van der Waals surface area (Å²) in [4.78, 5) is 0. The van der Waals surface area contributed by atoms with Gasteiger partial charge in [-0.15, -0.1) is 0 Å². The van der Waals surface area contributed by atoms with E-state index in [0.717, 1.165) is 6.54 Å². The van der Waals surface area contributed by atoms with Crippen LogP contribution < -0.4 is 5.32 Å². The van der Waals surface area contributed by atoms with Crippen molar-refractivity contribution in [2.24, 2.45) is 0 Å². The fourth-order valence-electron chi connectivity index (χ4n) is 2.12. The molecule has 0 aliphatic carbocycles. The quantitative estimate of drug-likeness (QED) is 0.807. The van der Waals surface area contributed by atoms with Crippen LogP contribution in [0.25, 0.3) is 0 Å². The van der Waals surface area contributed by atoms with Gasteiger partial charge in [0.15, 0.2) is 0 Å². The first kappa shape index (κ1) is 10.2. The average Bonchev–Trinajstić information content (AvgIpc) is 2.23. The Morgan fingerprint density at radius 1 is 1.36 bits per heavy atom. The maximum absolute atomic E-state index is 3.58. The Hall–Kier alpha value is -0.340. The zero-order valence-corrected chi connectivity index (χ0v) is 10.1. The van der Waals surface area contributed by atoms with E-state index < -0.39 is 0 Å². The lowest BCUT2D eigenvalue weighted by atomic mass is 9.94. The number of hydrogen-bond donors (Lipinski definition) is 1. The van der Waals surface area contributed by atoms with E-state index in [-0.39, 0.29) is 0 Å². The third-order valence-corrected chi connectivity index (χ3v) is 3.85. The van der Waals surface area contributed by atoms with Gasteiger partial charge in [0.1, 0.15) is 0 Å². The summed E-state index contributed by atoms with van der Waals surface area (Å²) in [5, 5.41) is 3.58. The lowest BCUT2D eigenvalue weighted by Gasteiger charge is -2.25. The summed E-state index contributed by atoms with van der Waals surface area (Å²) in [6.45, 7) is 3.35. The van der Waals surface area contributed by atoms with E-state index in [0.29, 0.717) is 6.04 Å². The second kappa shape index (κ2) is 4.45. The van der Waals surface area contributed by atoms with Crippen molar-refractivity contribution >= 4 is 15.9 Å². The van der Waals surface area contributed by atoms with Gasteiger partial charge in [-0.1, -0.05) is 34.5 Å². The Morgan fingerprint density at radius 2 is 2.21 bits per heavy atom. The first-order valence-electron chi connectivity index (χ1n) is 5.27. The molecule has 1 nitrogen and oxygen atoms in total.